The van der Waals surface area contributed by atoms with E-state index in [-0.39, 0.29) is 23.9 Å². The fourth-order valence-corrected chi connectivity index (χ4v) is 0.526. The molecule has 9 heavy (non-hydrogen) atoms. The van der Waals surface area contributed by atoms with Crippen LogP contribution in [0.4, 0.5) is 0 Å². The average Bonchev–Trinajstić information content (AvgIpc) is 1.80. The van der Waals surface area contributed by atoms with Crippen molar-refractivity contribution in [1.82, 2.24) is 0 Å². The van der Waals surface area contributed by atoms with E-state index in [1.54, 1.807) is 0 Å². The first kappa shape index (κ1) is 5.81. The summed E-state index contributed by atoms with van der Waals surface area (Å²) in [5.74, 6) is -0.508. The lowest BCUT2D eigenvalue weighted by Gasteiger charge is -2.02. The van der Waals surface area contributed by atoms with Gasteiger partial charge in [0.05, 0.1) is 6.42 Å². The first-order valence-corrected chi connectivity index (χ1v) is 2.46. The van der Waals surface area contributed by atoms with Crippen molar-refractivity contribution in [3.63, 3.8) is 0 Å². The third-order valence-electron chi connectivity index (χ3n) is 0.978. The van der Waals surface area contributed by atoms with E-state index in [4.69, 9.17) is 10.8 Å². The topological polar surface area (TPSA) is 75.7 Å². The van der Waals surface area contributed by atoms with Gasteiger partial charge in [-0.25, -0.2) is 0 Å². The van der Waals surface area contributed by atoms with Gasteiger partial charge >= 0.3 is 0 Å². The van der Waals surface area contributed by atoms with Crippen molar-refractivity contribution in [2.45, 2.75) is 6.42 Å². The van der Waals surface area contributed by atoms with Crippen LogP contribution in [0.1, 0.15) is 6.42 Å². The van der Waals surface area contributed by atoms with Crippen molar-refractivity contribution in [3.05, 3.63) is 11.8 Å². The summed E-state index contributed by atoms with van der Waals surface area (Å²) in [5.41, 5.74) is 5.08. The predicted molar refractivity (Wildman–Crippen MR) is 32.0 cm³/mol. The lowest BCUT2D eigenvalue weighted by atomic mass is 10.3. The highest BCUT2D eigenvalue weighted by atomic mass is 16.3. The lowest BCUT2D eigenvalue weighted by Crippen LogP contribution is -2.20. The molecule has 1 heterocycles. The Hall–Kier alpha value is -1.32. The van der Waals surface area contributed by atoms with Crippen molar-refractivity contribution < 1.29 is 9.90 Å². The molecule has 4 nitrogen and oxygen atoms in total. The first-order valence-electron chi connectivity index (χ1n) is 2.46. The molecule has 1 amide bonds. The van der Waals surface area contributed by atoms with Gasteiger partial charge in [0.2, 0.25) is 0 Å². The van der Waals surface area contributed by atoms with Crippen LogP contribution in [0.3, 0.4) is 0 Å². The highest BCUT2D eigenvalue weighted by Gasteiger charge is 2.09. The van der Waals surface area contributed by atoms with E-state index >= 15 is 0 Å². The summed E-state index contributed by atoms with van der Waals surface area (Å²) in [6.07, 6.45) is 1.48. The Morgan fingerprint density at radius 3 is 2.89 bits per heavy atom. The second-order valence-corrected chi connectivity index (χ2v) is 1.68. The van der Waals surface area contributed by atoms with Gasteiger partial charge < -0.3 is 10.8 Å². The van der Waals surface area contributed by atoms with Crippen LogP contribution in [-0.4, -0.2) is 16.8 Å². The molecule has 0 spiro atoms. The molecule has 3 N–H and O–H groups in total. The predicted octanol–water partition coefficient (Wildman–Crippen LogP) is -0.284. The molecule has 0 fully saturated rings. The van der Waals surface area contributed by atoms with E-state index in [9.17, 15) is 4.79 Å². The Labute approximate surface area is 51.7 Å². The van der Waals surface area contributed by atoms with E-state index in [1.807, 2.05) is 0 Å². The molecule has 0 atom stereocenters. The van der Waals surface area contributed by atoms with E-state index in [1.165, 1.54) is 6.08 Å². The maximum Gasteiger partial charge on any atom is 0.251 e. The number of dihydropyridines is 1. The molecular weight excluding hydrogens is 120 g/mol. The molecule has 0 aromatic rings. The fourth-order valence-electron chi connectivity index (χ4n) is 0.526. The number of nitrogens with two attached hydrogens (primary N) is 1. The van der Waals surface area contributed by atoms with E-state index in [0.717, 1.165) is 0 Å². The van der Waals surface area contributed by atoms with Gasteiger partial charge in [-0.15, -0.1) is 0 Å². The van der Waals surface area contributed by atoms with Crippen LogP contribution in [0, 0.1) is 0 Å². The van der Waals surface area contributed by atoms with E-state index in [2.05, 4.69) is 4.99 Å². The van der Waals surface area contributed by atoms with Crippen molar-refractivity contribution in [3.8, 4) is 0 Å². The van der Waals surface area contributed by atoms with Gasteiger partial charge in [0.15, 0.2) is 11.6 Å². The summed E-state index contributed by atoms with van der Waals surface area (Å²) in [6.45, 7) is 0. The molecule has 1 aliphatic heterocycles. The molecule has 0 aromatic heterocycles. The molecule has 0 saturated heterocycles. The van der Waals surface area contributed by atoms with Crippen LogP contribution in [0.2, 0.25) is 0 Å². The number of aliphatic imine (C=N–C) groups is 1. The summed E-state index contributed by atoms with van der Waals surface area (Å²) < 4.78 is 0. The Bertz CT molecular complexity index is 205. The number of carbonyl (C=O) groups excluding carboxylic acids is 1. The van der Waals surface area contributed by atoms with Gasteiger partial charge in [-0.1, -0.05) is 0 Å². The molecule has 4 heteroatoms. The van der Waals surface area contributed by atoms with Crippen LogP contribution in [-0.2, 0) is 4.79 Å². The molecule has 0 aromatic carbocycles. The number of hydrogen-bond acceptors (Lipinski definition) is 3. The Morgan fingerprint density at radius 1 is 1.78 bits per heavy atom. The van der Waals surface area contributed by atoms with E-state index < -0.39 is 0 Å². The van der Waals surface area contributed by atoms with Crippen molar-refractivity contribution in [2.75, 3.05) is 0 Å². The maximum atomic E-state index is 10.4. The zero-order valence-corrected chi connectivity index (χ0v) is 4.66. The van der Waals surface area contributed by atoms with E-state index in [0.29, 0.717) is 0 Å². The quantitative estimate of drug-likeness (QED) is 0.468. The number of aliphatic hydroxyl groups is 1. The van der Waals surface area contributed by atoms with Crippen LogP contribution in [0.25, 0.3) is 0 Å². The summed E-state index contributed by atoms with van der Waals surface area (Å²) >= 11 is 0. The number of amides is 1. The minimum atomic E-state index is -0.315. The molecule has 0 unspecified atom stereocenters. The van der Waals surface area contributed by atoms with Crippen LogP contribution < -0.4 is 5.73 Å². The summed E-state index contributed by atoms with van der Waals surface area (Å²) in [7, 11) is 0. The van der Waals surface area contributed by atoms with Gasteiger partial charge in [-0.2, -0.15) is 4.99 Å². The van der Waals surface area contributed by atoms with Gasteiger partial charge in [-0.3, -0.25) is 4.79 Å². The second kappa shape index (κ2) is 1.89. The number of amidine groups is 1. The minimum Gasteiger partial charge on any atom is -0.504 e. The second-order valence-electron chi connectivity index (χ2n) is 1.68. The number of carbonyl (C=O) groups is 1. The highest BCUT2D eigenvalue weighted by Crippen LogP contribution is 2.00. The standard InChI is InChI=1S/C5H6N2O2/c6-5-3(8)1-2-4(9)7-5/h1,8H,2H2,(H2,6,7,9). The third-order valence-corrected chi connectivity index (χ3v) is 0.978. The number of aliphatic hydroxyl groups excluding tert-OH is 1. The molecule has 0 aliphatic carbocycles. The van der Waals surface area contributed by atoms with Crippen molar-refractivity contribution in [1.29, 1.82) is 0 Å². The molecule has 48 valence electrons. The van der Waals surface area contributed by atoms with Gasteiger partial charge in [0.1, 0.15) is 0 Å². The first-order chi connectivity index (χ1) is 4.20. The van der Waals surface area contributed by atoms with Crippen molar-refractivity contribution in [2.24, 2.45) is 10.7 Å². The smallest absolute Gasteiger partial charge is 0.251 e. The summed E-state index contributed by atoms with van der Waals surface area (Å²) in [4.78, 5) is 13.7. The largest absolute Gasteiger partial charge is 0.504 e. The molecule has 0 radical (unpaired) electrons. The Morgan fingerprint density at radius 2 is 2.44 bits per heavy atom. The minimum absolute atomic E-state index is 0.0914. The number of rotatable bonds is 0. The molecule has 1 rings (SSSR count). The molecule has 0 saturated carbocycles. The Balaban J connectivity index is 2.87. The van der Waals surface area contributed by atoms with Gasteiger partial charge in [0.25, 0.3) is 5.91 Å². The average molecular weight is 126 g/mol. The molecular formula is C5H6N2O2. The van der Waals surface area contributed by atoms with Crippen LogP contribution >= 0.6 is 0 Å². The highest BCUT2D eigenvalue weighted by molar-refractivity contribution is 6.05. The SMILES string of the molecule is NC1=NC(=O)CC=C1O. The third kappa shape index (κ3) is 1.07. The van der Waals surface area contributed by atoms with Crippen LogP contribution in [0.5, 0.6) is 0 Å². The lowest BCUT2D eigenvalue weighted by molar-refractivity contribution is -0.117. The Kier molecular flexibility index (Phi) is 1.22. The van der Waals surface area contributed by atoms with Crippen LogP contribution in [0.15, 0.2) is 16.8 Å². The fraction of sp³-hybridized carbons (Fsp3) is 0.200. The monoisotopic (exact) mass is 126 g/mol. The zero-order valence-electron chi connectivity index (χ0n) is 4.66. The van der Waals surface area contributed by atoms with Crippen molar-refractivity contribution >= 4 is 11.7 Å². The normalized spacial score (nSPS) is 18.9. The number of nitrogens with zero attached hydrogens (tertiary/aromatic N) is 1. The maximum absolute atomic E-state index is 10.4. The number of hydrogen-bond donors (Lipinski definition) is 2. The summed E-state index contributed by atoms with van der Waals surface area (Å²) in [5, 5.41) is 8.75. The van der Waals surface area contributed by atoms with Gasteiger partial charge in [0, 0.05) is 0 Å². The molecule has 1 aliphatic rings. The zero-order chi connectivity index (χ0) is 6.85. The molecule has 0 bridgehead atoms. The van der Waals surface area contributed by atoms with Gasteiger partial charge in [-0.05, 0) is 6.08 Å². The summed E-state index contributed by atoms with van der Waals surface area (Å²) in [6, 6.07) is 0.